The second kappa shape index (κ2) is 11.9. The Labute approximate surface area is 244 Å². The molecule has 8 heteroatoms. The van der Waals surface area contributed by atoms with Crippen molar-refractivity contribution >= 4 is 44.8 Å². The first-order valence-electron chi connectivity index (χ1n) is 12.6. The third kappa shape index (κ3) is 5.31. The van der Waals surface area contributed by atoms with Gasteiger partial charge in [0.25, 0.3) is 5.56 Å². The minimum atomic E-state index is -0.616. The maximum atomic E-state index is 14.0. The summed E-state index contributed by atoms with van der Waals surface area (Å²) in [5.74, 6) is 3.34. The van der Waals surface area contributed by atoms with Crippen LogP contribution in [0.2, 0.25) is 0 Å². The molecule has 0 spiro atoms. The molecule has 4 aromatic rings. The second-order valence-corrected chi connectivity index (χ2v) is 10.8. The number of nitrogens with zero attached hydrogens (tertiary/aromatic N) is 2. The molecule has 0 aliphatic carbocycles. The normalized spacial score (nSPS) is 14.8. The van der Waals surface area contributed by atoms with Gasteiger partial charge >= 0.3 is 0 Å². The fraction of sp³-hybridized carbons (Fsp3) is 0.156. The van der Waals surface area contributed by atoms with E-state index in [-0.39, 0.29) is 17.9 Å². The number of benzene rings is 3. The quantitative estimate of drug-likeness (QED) is 0.259. The summed E-state index contributed by atoms with van der Waals surface area (Å²) in [6, 6.07) is 22.1. The van der Waals surface area contributed by atoms with Gasteiger partial charge in [0, 0.05) is 15.6 Å². The number of halogens is 1. The number of terminal acetylenes is 1. The van der Waals surface area contributed by atoms with E-state index in [4.69, 9.17) is 20.9 Å². The Morgan fingerprint density at radius 2 is 1.77 bits per heavy atom. The number of ether oxygens (including phenoxy) is 2. The highest BCUT2D eigenvalue weighted by atomic mass is 79.9. The number of carbonyl (C=O) groups is 1. The van der Waals surface area contributed by atoms with E-state index in [1.807, 2.05) is 73.7 Å². The van der Waals surface area contributed by atoms with Crippen LogP contribution in [0, 0.1) is 12.3 Å². The molecule has 200 valence electrons. The van der Waals surface area contributed by atoms with Crippen molar-refractivity contribution in [2.45, 2.75) is 19.9 Å². The Bertz CT molecular complexity index is 1830. The molecule has 0 fully saturated rings. The minimum Gasteiger partial charge on any atom is -0.490 e. The molecule has 0 bridgehead atoms. The summed E-state index contributed by atoms with van der Waals surface area (Å²) in [7, 11) is 0. The van der Waals surface area contributed by atoms with Gasteiger partial charge in [0.2, 0.25) is 0 Å². The van der Waals surface area contributed by atoms with E-state index in [1.165, 1.54) is 18.3 Å². The summed E-state index contributed by atoms with van der Waals surface area (Å²) in [6.45, 7) is 3.94. The number of hydrogen-bond acceptors (Lipinski definition) is 6. The van der Waals surface area contributed by atoms with E-state index in [2.05, 4.69) is 21.9 Å². The zero-order valence-electron chi connectivity index (χ0n) is 21.9. The molecule has 40 heavy (non-hydrogen) atoms. The standard InChI is InChI=1S/C32H25BrN2O4S/c1-4-16-39-26-19-24(33)23(17-25(26)38-5-2)18-27-31(37)35-30(22-14-10-7-11-15-22)28(20(3)36)29(34-32(35)40-27)21-12-8-6-9-13-21/h1,6-15,17-19,30H,5,16H2,2-3H3. The highest BCUT2D eigenvalue weighted by Crippen LogP contribution is 2.36. The predicted octanol–water partition coefficient (Wildman–Crippen LogP) is 5.13. The van der Waals surface area contributed by atoms with Gasteiger partial charge in [-0.1, -0.05) is 93.9 Å². The van der Waals surface area contributed by atoms with Gasteiger partial charge in [-0.05, 0) is 43.2 Å². The molecule has 6 nitrogen and oxygen atoms in total. The van der Waals surface area contributed by atoms with Crippen LogP contribution in [0.3, 0.4) is 0 Å². The van der Waals surface area contributed by atoms with Crippen LogP contribution >= 0.6 is 27.3 Å². The second-order valence-electron chi connectivity index (χ2n) is 8.92. The molecule has 1 atom stereocenters. The lowest BCUT2D eigenvalue weighted by Gasteiger charge is -2.25. The van der Waals surface area contributed by atoms with E-state index in [0.29, 0.717) is 43.2 Å². The Morgan fingerprint density at radius 1 is 1.10 bits per heavy atom. The first kappa shape index (κ1) is 27.4. The third-order valence-corrected chi connectivity index (χ3v) is 8.00. The van der Waals surface area contributed by atoms with Crippen LogP contribution < -0.4 is 24.4 Å². The fourth-order valence-electron chi connectivity index (χ4n) is 4.64. The van der Waals surface area contributed by atoms with E-state index < -0.39 is 6.04 Å². The number of Topliss-reactive ketones (excluding diaryl/α,β-unsaturated/α-hetero) is 1. The van der Waals surface area contributed by atoms with Crippen molar-refractivity contribution in [3.63, 3.8) is 0 Å². The fourth-order valence-corrected chi connectivity index (χ4v) is 6.07. The molecule has 0 saturated carbocycles. The lowest BCUT2D eigenvalue weighted by molar-refractivity contribution is -0.113. The van der Waals surface area contributed by atoms with Gasteiger partial charge in [-0.2, -0.15) is 0 Å². The Morgan fingerprint density at radius 3 is 2.42 bits per heavy atom. The van der Waals surface area contributed by atoms with Crippen molar-refractivity contribution in [2.24, 2.45) is 4.99 Å². The van der Waals surface area contributed by atoms with Crippen LogP contribution in [-0.2, 0) is 4.79 Å². The minimum absolute atomic E-state index is 0.103. The summed E-state index contributed by atoms with van der Waals surface area (Å²) < 4.78 is 14.2. The topological polar surface area (TPSA) is 69.9 Å². The number of allylic oxidation sites excluding steroid dienone is 1. The molecular weight excluding hydrogens is 588 g/mol. The van der Waals surface area contributed by atoms with Crippen LogP contribution in [-0.4, -0.2) is 23.6 Å². The highest BCUT2D eigenvalue weighted by molar-refractivity contribution is 9.10. The largest absolute Gasteiger partial charge is 0.490 e. The van der Waals surface area contributed by atoms with Crippen LogP contribution in [0.15, 0.2) is 92.6 Å². The molecule has 1 aromatic heterocycles. The van der Waals surface area contributed by atoms with Gasteiger partial charge in [0.1, 0.15) is 6.61 Å². The first-order chi connectivity index (χ1) is 19.4. The SMILES string of the molecule is C#CCOc1cc(Br)c(C=c2sc3n(c2=O)C(c2ccccc2)C(C(C)=O)=C(c2ccccc2)N=3)cc1OCC. The van der Waals surface area contributed by atoms with E-state index in [9.17, 15) is 9.59 Å². The number of thiazole rings is 1. The van der Waals surface area contributed by atoms with Gasteiger partial charge in [0.05, 0.1) is 22.9 Å². The smallest absolute Gasteiger partial charge is 0.271 e. The van der Waals surface area contributed by atoms with Crippen LogP contribution in [0.25, 0.3) is 11.8 Å². The maximum absolute atomic E-state index is 14.0. The van der Waals surface area contributed by atoms with Gasteiger partial charge in [-0.3, -0.25) is 14.2 Å². The summed E-state index contributed by atoms with van der Waals surface area (Å²) >= 11 is 4.87. The van der Waals surface area contributed by atoms with Gasteiger partial charge in [-0.25, -0.2) is 4.99 Å². The maximum Gasteiger partial charge on any atom is 0.271 e. The number of hydrogen-bond donors (Lipinski definition) is 0. The molecule has 1 unspecified atom stereocenters. The number of carbonyl (C=O) groups excluding carboxylic acids is 1. The zero-order valence-corrected chi connectivity index (χ0v) is 24.3. The average Bonchev–Trinajstić information content (AvgIpc) is 3.28. The summed E-state index contributed by atoms with van der Waals surface area (Å²) in [4.78, 5) is 32.5. The zero-order chi connectivity index (χ0) is 28.2. The summed E-state index contributed by atoms with van der Waals surface area (Å²) in [5, 5.41) is 0. The van der Waals surface area contributed by atoms with Crippen molar-refractivity contribution in [1.29, 1.82) is 0 Å². The Kier molecular flexibility index (Phi) is 8.15. The predicted molar refractivity (Wildman–Crippen MR) is 161 cm³/mol. The van der Waals surface area contributed by atoms with Crippen molar-refractivity contribution < 1.29 is 14.3 Å². The molecule has 2 heterocycles. The lowest BCUT2D eigenvalue weighted by Crippen LogP contribution is -2.39. The summed E-state index contributed by atoms with van der Waals surface area (Å²) in [5.41, 5.74) is 3.19. The number of fused-ring (bicyclic) bond motifs is 1. The van der Waals surface area contributed by atoms with Crippen LogP contribution in [0.4, 0.5) is 0 Å². The van der Waals surface area contributed by atoms with Gasteiger partial charge < -0.3 is 9.47 Å². The number of ketones is 1. The van der Waals surface area contributed by atoms with Crippen molar-refractivity contribution in [3.8, 4) is 23.8 Å². The number of rotatable bonds is 8. The average molecular weight is 614 g/mol. The summed E-state index contributed by atoms with van der Waals surface area (Å²) in [6.07, 6.45) is 7.16. The van der Waals surface area contributed by atoms with Crippen molar-refractivity contribution in [1.82, 2.24) is 4.57 Å². The Hall–Kier alpha value is -4.19. The molecular formula is C32H25BrN2O4S. The van der Waals surface area contributed by atoms with Gasteiger partial charge in [-0.15, -0.1) is 6.42 Å². The van der Waals surface area contributed by atoms with Crippen LogP contribution in [0.1, 0.15) is 36.6 Å². The Balaban J connectivity index is 1.75. The molecule has 3 aromatic carbocycles. The van der Waals surface area contributed by atoms with E-state index in [0.717, 1.165) is 16.7 Å². The van der Waals surface area contributed by atoms with Crippen molar-refractivity contribution in [3.05, 3.63) is 119 Å². The molecule has 0 amide bonds. The molecule has 0 saturated heterocycles. The molecule has 1 aliphatic rings. The molecule has 5 rings (SSSR count). The van der Waals surface area contributed by atoms with E-state index in [1.54, 1.807) is 16.7 Å². The number of aromatic nitrogens is 1. The molecule has 0 N–H and O–H groups in total. The van der Waals surface area contributed by atoms with Crippen LogP contribution in [0.5, 0.6) is 11.5 Å². The lowest BCUT2D eigenvalue weighted by atomic mass is 9.91. The monoisotopic (exact) mass is 612 g/mol. The highest BCUT2D eigenvalue weighted by Gasteiger charge is 2.32. The molecule has 0 radical (unpaired) electrons. The van der Waals surface area contributed by atoms with E-state index >= 15 is 0 Å². The first-order valence-corrected chi connectivity index (χ1v) is 14.2. The van der Waals surface area contributed by atoms with Gasteiger partial charge in [0.15, 0.2) is 22.1 Å². The third-order valence-electron chi connectivity index (χ3n) is 6.33. The molecule has 1 aliphatic heterocycles. The van der Waals surface area contributed by atoms with Crippen molar-refractivity contribution in [2.75, 3.05) is 13.2 Å².